The zero-order chi connectivity index (χ0) is 16.0. The van der Waals surface area contributed by atoms with Crippen LogP contribution in [-0.4, -0.2) is 0 Å². The second-order valence-corrected chi connectivity index (χ2v) is 5.40. The number of nitriles is 2. The molecule has 0 saturated heterocycles. The number of rotatable bonds is 0. The molecule has 0 bridgehead atoms. The first-order valence-electron chi connectivity index (χ1n) is 6.09. The largest absolute Gasteiger partial charge is 0.289 e. The third-order valence-electron chi connectivity index (χ3n) is 3.50. The Bertz CT molecular complexity index is 1220. The van der Waals surface area contributed by atoms with Crippen molar-refractivity contribution >= 4 is 35.2 Å². The molecule has 22 heavy (non-hydrogen) atoms. The SMILES string of the molecule is N#Cc1c(C#N)c(=S)c2c(=O)c3ccccc3c(=O)c=2c1=S. The molecule has 0 spiro atoms. The topological polar surface area (TPSA) is 81.7 Å². The van der Waals surface area contributed by atoms with E-state index in [1.54, 1.807) is 12.1 Å². The first-order valence-corrected chi connectivity index (χ1v) is 6.91. The summed E-state index contributed by atoms with van der Waals surface area (Å²) in [6.07, 6.45) is 0. The van der Waals surface area contributed by atoms with Crippen molar-refractivity contribution in [3.05, 3.63) is 75.3 Å². The van der Waals surface area contributed by atoms with Gasteiger partial charge in [-0.15, -0.1) is 0 Å². The van der Waals surface area contributed by atoms with Gasteiger partial charge < -0.3 is 0 Å². The van der Waals surface area contributed by atoms with E-state index in [-0.39, 0.29) is 41.4 Å². The zero-order valence-electron chi connectivity index (χ0n) is 10.8. The maximum absolute atomic E-state index is 12.6. The minimum atomic E-state index is -0.442. The van der Waals surface area contributed by atoms with Crippen LogP contribution in [0.3, 0.4) is 0 Å². The molecule has 2 aliphatic carbocycles. The van der Waals surface area contributed by atoms with Crippen molar-refractivity contribution in [2.24, 2.45) is 0 Å². The fourth-order valence-corrected chi connectivity index (χ4v) is 3.18. The van der Waals surface area contributed by atoms with Crippen LogP contribution in [0, 0.1) is 42.1 Å². The van der Waals surface area contributed by atoms with Gasteiger partial charge in [0.15, 0.2) is 10.9 Å². The Morgan fingerprint density at radius 1 is 0.773 bits per heavy atom. The fraction of sp³-hybridized carbons (Fsp3) is 0. The van der Waals surface area contributed by atoms with E-state index >= 15 is 0 Å². The summed E-state index contributed by atoms with van der Waals surface area (Å²) in [5, 5.41) is 18.8. The summed E-state index contributed by atoms with van der Waals surface area (Å²) in [6.45, 7) is 0. The van der Waals surface area contributed by atoms with Gasteiger partial charge in [-0.3, -0.25) is 9.59 Å². The molecule has 3 rings (SSSR count). The Labute approximate surface area is 133 Å². The maximum atomic E-state index is 12.6. The summed E-state index contributed by atoms with van der Waals surface area (Å²) in [5.41, 5.74) is -1.13. The number of hydrogen-bond acceptors (Lipinski definition) is 6. The minimum Gasteiger partial charge on any atom is -0.289 e. The van der Waals surface area contributed by atoms with Crippen molar-refractivity contribution in [3.63, 3.8) is 0 Å². The molecule has 0 radical (unpaired) electrons. The second-order valence-electron chi connectivity index (χ2n) is 4.59. The van der Waals surface area contributed by atoms with Gasteiger partial charge in [-0.2, -0.15) is 10.5 Å². The van der Waals surface area contributed by atoms with Crippen LogP contribution in [0.25, 0.3) is 10.8 Å². The lowest BCUT2D eigenvalue weighted by molar-refractivity contribution is 1.32. The predicted molar refractivity (Wildman–Crippen MR) is 85.3 cm³/mol. The molecular formula is C16H4N2O2S2. The van der Waals surface area contributed by atoms with Gasteiger partial charge in [-0.05, 0) is 0 Å². The average Bonchev–Trinajstić information content (AvgIpc) is 2.53. The Balaban J connectivity index is 2.99. The van der Waals surface area contributed by atoms with Gasteiger partial charge in [-0.1, -0.05) is 48.7 Å². The first-order chi connectivity index (χ1) is 10.5. The smallest absolute Gasteiger partial charge is 0.196 e. The zero-order valence-corrected chi connectivity index (χ0v) is 12.5. The van der Waals surface area contributed by atoms with Crippen LogP contribution in [0.1, 0.15) is 11.1 Å². The van der Waals surface area contributed by atoms with Crippen molar-refractivity contribution in [2.45, 2.75) is 0 Å². The average molecular weight is 320 g/mol. The van der Waals surface area contributed by atoms with Gasteiger partial charge >= 0.3 is 0 Å². The lowest BCUT2D eigenvalue weighted by atomic mass is 10.00. The highest BCUT2D eigenvalue weighted by molar-refractivity contribution is 7.72. The summed E-state index contributed by atoms with van der Waals surface area (Å²) in [4.78, 5) is 25.3. The maximum Gasteiger partial charge on any atom is 0.196 e. The molecule has 0 aliphatic heterocycles. The summed E-state index contributed by atoms with van der Waals surface area (Å²) in [6, 6.07) is 9.95. The van der Waals surface area contributed by atoms with E-state index in [1.807, 2.05) is 12.1 Å². The minimum absolute atomic E-state index is 0.0424. The summed E-state index contributed by atoms with van der Waals surface area (Å²) in [5.74, 6) is 0. The molecule has 0 saturated carbocycles. The van der Waals surface area contributed by atoms with Crippen LogP contribution in [0.2, 0.25) is 0 Å². The summed E-state index contributed by atoms with van der Waals surface area (Å²) < 4.78 is -0.175. The lowest BCUT2D eigenvalue weighted by Crippen LogP contribution is -2.17. The molecule has 0 amide bonds. The summed E-state index contributed by atoms with van der Waals surface area (Å²) in [7, 11) is 0. The molecule has 6 heteroatoms. The van der Waals surface area contributed by atoms with Crippen LogP contribution in [0.15, 0.2) is 33.9 Å². The predicted octanol–water partition coefficient (Wildman–Crippen LogP) is 2.36. The Hall–Kier alpha value is -2.80. The van der Waals surface area contributed by atoms with Crippen molar-refractivity contribution < 1.29 is 0 Å². The quantitative estimate of drug-likeness (QED) is 0.591. The van der Waals surface area contributed by atoms with Crippen LogP contribution < -0.4 is 10.9 Å². The van der Waals surface area contributed by atoms with E-state index in [0.717, 1.165) is 0 Å². The van der Waals surface area contributed by atoms with Crippen molar-refractivity contribution in [2.75, 3.05) is 0 Å². The lowest BCUT2D eigenvalue weighted by Gasteiger charge is -2.01. The number of fused-ring (bicyclic) bond motifs is 1. The monoisotopic (exact) mass is 320 g/mol. The number of hydrogen-bond donors (Lipinski definition) is 0. The van der Waals surface area contributed by atoms with E-state index in [9.17, 15) is 20.1 Å². The molecule has 0 N–H and O–H groups in total. The molecule has 1 aromatic carbocycles. The number of benzene rings is 1. The molecule has 1 aromatic rings. The highest BCUT2D eigenvalue weighted by Gasteiger charge is 2.16. The molecule has 4 nitrogen and oxygen atoms in total. The Kier molecular flexibility index (Phi) is 3.14. The molecule has 0 fully saturated rings. The molecule has 102 valence electrons. The van der Waals surface area contributed by atoms with E-state index < -0.39 is 10.9 Å². The standard InChI is InChI=1S/C16H4N2O2S2/c17-5-9-10(6-18)16(22)12-11(15(9)21)13(19)7-3-1-2-4-8(7)14(12)20/h1-4H. The van der Waals surface area contributed by atoms with E-state index in [1.165, 1.54) is 12.1 Å². The van der Waals surface area contributed by atoms with Gasteiger partial charge in [0.05, 0.1) is 30.6 Å². The Morgan fingerprint density at radius 2 is 1.14 bits per heavy atom. The summed E-state index contributed by atoms with van der Waals surface area (Å²) >= 11 is 10.3. The molecule has 2 aliphatic rings. The number of nitrogens with zero attached hydrogens (tertiary/aromatic N) is 2. The Morgan fingerprint density at radius 3 is 1.45 bits per heavy atom. The fourth-order valence-electron chi connectivity index (χ4n) is 2.50. The van der Waals surface area contributed by atoms with Gasteiger partial charge in [0.2, 0.25) is 0 Å². The third-order valence-corrected chi connectivity index (χ3v) is 4.32. The van der Waals surface area contributed by atoms with Crippen LogP contribution in [-0.2, 0) is 0 Å². The van der Waals surface area contributed by atoms with Gasteiger partial charge in [0.25, 0.3) is 0 Å². The van der Waals surface area contributed by atoms with Crippen molar-refractivity contribution in [3.8, 4) is 12.1 Å². The molecule has 0 aromatic heterocycles. The van der Waals surface area contributed by atoms with E-state index in [2.05, 4.69) is 0 Å². The molecule has 0 atom stereocenters. The van der Waals surface area contributed by atoms with Gasteiger partial charge in [0, 0.05) is 10.8 Å². The third kappa shape index (κ3) is 1.66. The van der Waals surface area contributed by atoms with Crippen LogP contribution in [0.5, 0.6) is 0 Å². The molecule has 0 heterocycles. The van der Waals surface area contributed by atoms with Crippen molar-refractivity contribution in [1.82, 2.24) is 0 Å². The van der Waals surface area contributed by atoms with E-state index in [4.69, 9.17) is 24.4 Å². The van der Waals surface area contributed by atoms with Gasteiger partial charge in [0.1, 0.15) is 12.1 Å². The van der Waals surface area contributed by atoms with E-state index in [0.29, 0.717) is 0 Å². The highest BCUT2D eigenvalue weighted by Crippen LogP contribution is 2.15. The molecular weight excluding hydrogens is 316 g/mol. The first kappa shape index (κ1) is 14.2. The van der Waals surface area contributed by atoms with Gasteiger partial charge in [-0.25, -0.2) is 0 Å². The normalized spacial score (nSPS) is 10.5. The highest BCUT2D eigenvalue weighted by atomic mass is 32.1. The van der Waals surface area contributed by atoms with Crippen LogP contribution in [0.4, 0.5) is 0 Å². The van der Waals surface area contributed by atoms with Crippen molar-refractivity contribution in [1.29, 1.82) is 10.5 Å². The van der Waals surface area contributed by atoms with Crippen LogP contribution >= 0.6 is 24.4 Å². The molecule has 0 unspecified atom stereocenters. The second kappa shape index (κ2) is 4.88.